The van der Waals surface area contributed by atoms with Crippen LogP contribution in [-0.2, 0) is 17.8 Å². The molecule has 2 rings (SSSR count). The number of aryl methyl sites for hydroxylation is 3. The van der Waals surface area contributed by atoms with Gasteiger partial charge < -0.3 is 9.15 Å². The summed E-state index contributed by atoms with van der Waals surface area (Å²) in [6, 6.07) is 12.4. The van der Waals surface area contributed by atoms with E-state index < -0.39 is 0 Å². The minimum Gasteiger partial charge on any atom is -0.466 e. The molecule has 0 aliphatic rings. The molecule has 0 unspecified atom stereocenters. The van der Waals surface area contributed by atoms with Crippen LogP contribution < -0.4 is 0 Å². The number of hydrogen-bond donors (Lipinski definition) is 0. The van der Waals surface area contributed by atoms with Gasteiger partial charge in [-0.05, 0) is 37.5 Å². The number of benzene rings is 1. The predicted octanol–water partition coefficient (Wildman–Crippen LogP) is 4.05. The molecule has 0 amide bonds. The van der Waals surface area contributed by atoms with E-state index in [2.05, 4.69) is 25.1 Å². The smallest absolute Gasteiger partial charge is 0.104 e. The van der Waals surface area contributed by atoms with Crippen molar-refractivity contribution < 1.29 is 9.15 Å². The van der Waals surface area contributed by atoms with Gasteiger partial charge >= 0.3 is 0 Å². The Labute approximate surface area is 109 Å². The molecule has 0 aliphatic heterocycles. The van der Waals surface area contributed by atoms with Crippen molar-refractivity contribution in [3.63, 3.8) is 0 Å². The van der Waals surface area contributed by atoms with Gasteiger partial charge in [0.1, 0.15) is 11.5 Å². The van der Waals surface area contributed by atoms with Gasteiger partial charge in [0, 0.05) is 13.0 Å². The highest BCUT2D eigenvalue weighted by molar-refractivity contribution is 5.18. The average molecular weight is 244 g/mol. The molecule has 2 nitrogen and oxygen atoms in total. The molecular formula is C16H20O2. The monoisotopic (exact) mass is 244 g/mol. The Balaban J connectivity index is 1.64. The summed E-state index contributed by atoms with van der Waals surface area (Å²) < 4.78 is 11.3. The summed E-state index contributed by atoms with van der Waals surface area (Å²) >= 11 is 0. The maximum absolute atomic E-state index is 5.64. The molecule has 0 aliphatic carbocycles. The van der Waals surface area contributed by atoms with Gasteiger partial charge in [0.25, 0.3) is 0 Å². The molecule has 0 saturated carbocycles. The molecular weight excluding hydrogens is 224 g/mol. The Morgan fingerprint density at radius 2 is 1.89 bits per heavy atom. The van der Waals surface area contributed by atoms with Crippen LogP contribution >= 0.6 is 0 Å². The normalized spacial score (nSPS) is 10.8. The first-order chi connectivity index (χ1) is 8.75. The topological polar surface area (TPSA) is 22.4 Å². The van der Waals surface area contributed by atoms with Crippen LogP contribution in [0.4, 0.5) is 0 Å². The molecule has 0 saturated heterocycles. The summed E-state index contributed by atoms with van der Waals surface area (Å²) in [5.41, 5.74) is 2.46. The third kappa shape index (κ3) is 3.74. The van der Waals surface area contributed by atoms with E-state index in [-0.39, 0.29) is 0 Å². The van der Waals surface area contributed by atoms with Crippen molar-refractivity contribution in [2.45, 2.75) is 33.3 Å². The molecule has 96 valence electrons. The number of hydrogen-bond acceptors (Lipinski definition) is 2. The van der Waals surface area contributed by atoms with Crippen molar-refractivity contribution in [3.8, 4) is 0 Å². The molecule has 2 heteroatoms. The zero-order valence-corrected chi connectivity index (χ0v) is 11.1. The lowest BCUT2D eigenvalue weighted by Gasteiger charge is -2.03. The summed E-state index contributed by atoms with van der Waals surface area (Å²) in [6.07, 6.45) is 1.95. The summed E-state index contributed by atoms with van der Waals surface area (Å²) in [7, 11) is 0. The van der Waals surface area contributed by atoms with Gasteiger partial charge in [-0.1, -0.05) is 30.3 Å². The average Bonchev–Trinajstić information content (AvgIpc) is 2.70. The molecule has 1 aromatic heterocycles. The Morgan fingerprint density at radius 1 is 1.11 bits per heavy atom. The predicted molar refractivity (Wildman–Crippen MR) is 72.6 cm³/mol. The molecule has 1 heterocycles. The first-order valence-corrected chi connectivity index (χ1v) is 6.43. The fourth-order valence-electron chi connectivity index (χ4n) is 1.89. The summed E-state index contributed by atoms with van der Waals surface area (Å²) in [5.74, 6) is 2.09. The minimum absolute atomic E-state index is 0.692. The van der Waals surface area contributed by atoms with Gasteiger partial charge in [-0.25, -0.2) is 0 Å². The maximum Gasteiger partial charge on any atom is 0.104 e. The number of ether oxygens (including phenoxy) is 1. The minimum atomic E-state index is 0.692. The van der Waals surface area contributed by atoms with Crippen molar-refractivity contribution in [3.05, 3.63) is 59.0 Å². The van der Waals surface area contributed by atoms with Crippen molar-refractivity contribution in [1.29, 1.82) is 0 Å². The Bertz CT molecular complexity index is 452. The van der Waals surface area contributed by atoms with Gasteiger partial charge in [-0.2, -0.15) is 0 Å². The quantitative estimate of drug-likeness (QED) is 0.715. The highest BCUT2D eigenvalue weighted by Gasteiger charge is 2.02. The second-order valence-electron chi connectivity index (χ2n) is 4.59. The van der Waals surface area contributed by atoms with Crippen molar-refractivity contribution in [2.24, 2.45) is 0 Å². The highest BCUT2D eigenvalue weighted by Crippen LogP contribution is 2.14. The lowest BCUT2D eigenvalue weighted by Crippen LogP contribution is -1.96. The molecule has 0 bridgehead atoms. The van der Waals surface area contributed by atoms with Crippen LogP contribution in [0.3, 0.4) is 0 Å². The Morgan fingerprint density at radius 3 is 2.56 bits per heavy atom. The first-order valence-electron chi connectivity index (χ1n) is 6.43. The molecule has 0 radical (unpaired) electrons. The maximum atomic E-state index is 5.64. The van der Waals surface area contributed by atoms with Gasteiger partial charge in [0.15, 0.2) is 0 Å². The third-order valence-corrected chi connectivity index (χ3v) is 3.04. The van der Waals surface area contributed by atoms with E-state index in [1.165, 1.54) is 11.1 Å². The van der Waals surface area contributed by atoms with Crippen LogP contribution in [0.25, 0.3) is 0 Å². The molecule has 0 atom stereocenters. The fraction of sp³-hybridized carbons (Fsp3) is 0.375. The lowest BCUT2D eigenvalue weighted by atomic mass is 10.2. The molecule has 1 aromatic carbocycles. The van der Waals surface area contributed by atoms with Gasteiger partial charge in [-0.15, -0.1) is 0 Å². The van der Waals surface area contributed by atoms with E-state index in [1.54, 1.807) is 0 Å². The van der Waals surface area contributed by atoms with Crippen LogP contribution in [0.5, 0.6) is 0 Å². The Hall–Kier alpha value is -1.54. The standard InChI is InChI=1S/C16H20O2/c1-13-11-16(18-14(13)2)9-6-10-17-12-15-7-4-3-5-8-15/h3-5,7-8,11H,6,9-10,12H2,1-2H3. The van der Waals surface area contributed by atoms with Crippen LogP contribution in [0.2, 0.25) is 0 Å². The molecule has 2 aromatic rings. The fourth-order valence-corrected chi connectivity index (χ4v) is 1.89. The first kappa shape index (κ1) is 12.9. The van der Waals surface area contributed by atoms with E-state index in [4.69, 9.17) is 9.15 Å². The molecule has 0 spiro atoms. The summed E-state index contributed by atoms with van der Waals surface area (Å²) in [4.78, 5) is 0. The van der Waals surface area contributed by atoms with Gasteiger partial charge in [-0.3, -0.25) is 0 Å². The van der Waals surface area contributed by atoms with E-state index in [0.29, 0.717) is 6.61 Å². The highest BCUT2D eigenvalue weighted by atomic mass is 16.5. The SMILES string of the molecule is Cc1cc(CCCOCc2ccccc2)oc1C. The molecule has 18 heavy (non-hydrogen) atoms. The zero-order valence-electron chi connectivity index (χ0n) is 11.1. The zero-order chi connectivity index (χ0) is 12.8. The van der Waals surface area contributed by atoms with Crippen molar-refractivity contribution >= 4 is 0 Å². The van der Waals surface area contributed by atoms with E-state index in [9.17, 15) is 0 Å². The van der Waals surface area contributed by atoms with Crippen LogP contribution in [0.15, 0.2) is 40.8 Å². The van der Waals surface area contributed by atoms with Gasteiger partial charge in [0.2, 0.25) is 0 Å². The van der Waals surface area contributed by atoms with Crippen LogP contribution in [0.1, 0.15) is 29.1 Å². The largest absolute Gasteiger partial charge is 0.466 e. The Kier molecular flexibility index (Phi) is 4.59. The van der Waals surface area contributed by atoms with Crippen molar-refractivity contribution in [2.75, 3.05) is 6.61 Å². The summed E-state index contributed by atoms with van der Waals surface area (Å²) in [6.45, 7) is 5.55. The van der Waals surface area contributed by atoms with E-state index >= 15 is 0 Å². The lowest BCUT2D eigenvalue weighted by molar-refractivity contribution is 0.117. The second-order valence-corrected chi connectivity index (χ2v) is 4.59. The van der Waals surface area contributed by atoms with E-state index in [0.717, 1.165) is 31.0 Å². The second kappa shape index (κ2) is 6.41. The van der Waals surface area contributed by atoms with Crippen LogP contribution in [-0.4, -0.2) is 6.61 Å². The molecule has 0 fully saturated rings. The third-order valence-electron chi connectivity index (χ3n) is 3.04. The van der Waals surface area contributed by atoms with Crippen molar-refractivity contribution in [1.82, 2.24) is 0 Å². The van der Waals surface area contributed by atoms with Crippen LogP contribution in [0, 0.1) is 13.8 Å². The molecule has 0 N–H and O–H groups in total. The summed E-state index contributed by atoms with van der Waals surface area (Å²) in [5, 5.41) is 0. The van der Waals surface area contributed by atoms with Gasteiger partial charge in [0.05, 0.1) is 6.61 Å². The number of rotatable bonds is 6. The van der Waals surface area contributed by atoms with E-state index in [1.807, 2.05) is 25.1 Å². The number of furan rings is 1.